The van der Waals surface area contributed by atoms with Crippen LogP contribution in [0.1, 0.15) is 6.92 Å². The van der Waals surface area contributed by atoms with Gasteiger partial charge in [0.2, 0.25) is 16.0 Å². The van der Waals surface area contributed by atoms with E-state index in [0.29, 0.717) is 11.6 Å². The molecule has 130 valence electrons. The van der Waals surface area contributed by atoms with Crippen molar-refractivity contribution in [2.75, 3.05) is 15.8 Å². The summed E-state index contributed by atoms with van der Waals surface area (Å²) >= 11 is 0. The van der Waals surface area contributed by atoms with Crippen LogP contribution >= 0.6 is 0 Å². The van der Waals surface area contributed by atoms with E-state index in [2.05, 4.69) is 30.1 Å². The Morgan fingerprint density at radius 3 is 2.64 bits per heavy atom. The van der Waals surface area contributed by atoms with Gasteiger partial charge in [0.25, 0.3) is 0 Å². The van der Waals surface area contributed by atoms with Crippen molar-refractivity contribution < 1.29 is 8.42 Å². The number of aromatic nitrogens is 5. The van der Waals surface area contributed by atoms with E-state index in [9.17, 15) is 8.42 Å². The Hall–Kier alpha value is -3.01. The first-order valence-electron chi connectivity index (χ1n) is 7.51. The van der Waals surface area contributed by atoms with E-state index in [0.717, 1.165) is 11.3 Å². The van der Waals surface area contributed by atoms with Crippen LogP contribution in [0.2, 0.25) is 0 Å². The summed E-state index contributed by atoms with van der Waals surface area (Å²) in [5, 5.41) is 7.14. The molecule has 0 aliphatic rings. The van der Waals surface area contributed by atoms with Crippen molar-refractivity contribution in [1.82, 2.24) is 24.7 Å². The van der Waals surface area contributed by atoms with Crippen LogP contribution in [0.5, 0.6) is 0 Å². The number of nitrogens with zero attached hydrogens (tertiary/aromatic N) is 5. The lowest BCUT2D eigenvalue weighted by Crippen LogP contribution is -2.15. The van der Waals surface area contributed by atoms with Crippen molar-refractivity contribution in [3.05, 3.63) is 43.0 Å². The topological polar surface area (TPSA) is 115 Å². The van der Waals surface area contributed by atoms with Crippen LogP contribution in [-0.2, 0) is 17.1 Å². The lowest BCUT2D eigenvalue weighted by Gasteiger charge is -2.07. The Morgan fingerprint density at radius 1 is 1.16 bits per heavy atom. The van der Waals surface area contributed by atoms with Crippen LogP contribution < -0.4 is 10.0 Å². The highest BCUT2D eigenvalue weighted by Crippen LogP contribution is 2.20. The maximum atomic E-state index is 11.6. The summed E-state index contributed by atoms with van der Waals surface area (Å²) in [5.74, 6) is 0.695. The molecule has 10 heteroatoms. The van der Waals surface area contributed by atoms with Crippen LogP contribution in [0, 0.1) is 0 Å². The highest BCUT2D eigenvalue weighted by Gasteiger charge is 2.09. The van der Waals surface area contributed by atoms with Crippen molar-refractivity contribution in [2.45, 2.75) is 6.92 Å². The molecule has 0 spiro atoms. The number of nitrogens with one attached hydrogen (secondary N) is 2. The van der Waals surface area contributed by atoms with Crippen LogP contribution in [0.3, 0.4) is 0 Å². The summed E-state index contributed by atoms with van der Waals surface area (Å²) in [6, 6.07) is 5.09. The highest BCUT2D eigenvalue weighted by molar-refractivity contribution is 7.92. The molecule has 0 aliphatic carbocycles. The number of hydrogen-bond acceptors (Lipinski definition) is 7. The summed E-state index contributed by atoms with van der Waals surface area (Å²) < 4.78 is 27.2. The first-order valence-corrected chi connectivity index (χ1v) is 9.16. The number of sulfonamides is 1. The molecule has 3 rings (SSSR count). The summed E-state index contributed by atoms with van der Waals surface area (Å²) in [7, 11) is -1.52. The molecule has 0 radical (unpaired) electrons. The molecule has 0 fully saturated rings. The molecule has 3 aromatic heterocycles. The van der Waals surface area contributed by atoms with Crippen molar-refractivity contribution >= 4 is 27.5 Å². The predicted octanol–water partition coefficient (Wildman–Crippen LogP) is 1.78. The fraction of sp³-hybridized carbons (Fsp3) is 0.200. The summed E-state index contributed by atoms with van der Waals surface area (Å²) in [5.41, 5.74) is 2.19. The lowest BCUT2D eigenvalue weighted by molar-refractivity contribution is 0.602. The van der Waals surface area contributed by atoms with E-state index in [1.807, 2.05) is 13.2 Å². The molecule has 0 saturated carbocycles. The third kappa shape index (κ3) is 4.29. The lowest BCUT2D eigenvalue weighted by atomic mass is 10.2. The molecule has 2 N–H and O–H groups in total. The van der Waals surface area contributed by atoms with E-state index >= 15 is 0 Å². The van der Waals surface area contributed by atoms with E-state index in [4.69, 9.17) is 0 Å². The van der Waals surface area contributed by atoms with Gasteiger partial charge >= 0.3 is 0 Å². The SMILES string of the molecule is CCS(=O)(=O)Nc1ccc(-c2ccnc(Nc3cnn(C)c3)n2)cn1. The quantitative estimate of drug-likeness (QED) is 0.689. The fourth-order valence-corrected chi connectivity index (χ4v) is 2.62. The van der Waals surface area contributed by atoms with Gasteiger partial charge in [-0.3, -0.25) is 9.40 Å². The van der Waals surface area contributed by atoms with Gasteiger partial charge in [-0.15, -0.1) is 0 Å². The molecule has 3 heterocycles. The number of rotatable bonds is 6. The number of anilines is 3. The first-order chi connectivity index (χ1) is 11.9. The Kier molecular flexibility index (Phi) is 4.61. The van der Waals surface area contributed by atoms with Gasteiger partial charge in [0.1, 0.15) is 5.82 Å². The molecule has 0 atom stereocenters. The van der Waals surface area contributed by atoms with Crippen LogP contribution in [0.15, 0.2) is 43.0 Å². The van der Waals surface area contributed by atoms with Crippen molar-refractivity contribution in [3.63, 3.8) is 0 Å². The van der Waals surface area contributed by atoms with E-state index in [1.165, 1.54) is 0 Å². The molecular formula is C15H17N7O2S. The third-order valence-electron chi connectivity index (χ3n) is 3.32. The molecule has 0 amide bonds. The zero-order chi connectivity index (χ0) is 17.9. The van der Waals surface area contributed by atoms with E-state index in [1.54, 1.807) is 48.4 Å². The maximum Gasteiger partial charge on any atom is 0.233 e. The zero-order valence-electron chi connectivity index (χ0n) is 13.7. The van der Waals surface area contributed by atoms with Gasteiger partial charge in [-0.1, -0.05) is 0 Å². The summed E-state index contributed by atoms with van der Waals surface area (Å²) in [4.78, 5) is 12.7. The summed E-state index contributed by atoms with van der Waals surface area (Å²) in [6.45, 7) is 1.56. The van der Waals surface area contributed by atoms with Crippen molar-refractivity contribution in [2.24, 2.45) is 7.05 Å². The second-order valence-corrected chi connectivity index (χ2v) is 7.24. The molecule has 0 aliphatic heterocycles. The average Bonchev–Trinajstić information content (AvgIpc) is 3.00. The van der Waals surface area contributed by atoms with Gasteiger partial charge in [0.15, 0.2) is 0 Å². The predicted molar refractivity (Wildman–Crippen MR) is 94.8 cm³/mol. The smallest absolute Gasteiger partial charge is 0.233 e. The standard InChI is InChI=1S/C15H17N7O2S/c1-3-25(23,24)21-14-5-4-11(8-17-14)13-6-7-16-15(20-13)19-12-9-18-22(2)10-12/h4-10H,3H2,1-2H3,(H,17,21)(H,16,19,20). The van der Waals surface area contributed by atoms with E-state index in [-0.39, 0.29) is 11.6 Å². The van der Waals surface area contributed by atoms with Crippen LogP contribution in [0.4, 0.5) is 17.5 Å². The average molecular weight is 359 g/mol. The molecule has 0 aromatic carbocycles. The molecular weight excluding hydrogens is 342 g/mol. The Morgan fingerprint density at radius 2 is 2.00 bits per heavy atom. The van der Waals surface area contributed by atoms with Crippen molar-refractivity contribution in [1.29, 1.82) is 0 Å². The zero-order valence-corrected chi connectivity index (χ0v) is 14.5. The molecule has 3 aromatic rings. The highest BCUT2D eigenvalue weighted by atomic mass is 32.2. The van der Waals surface area contributed by atoms with Crippen LogP contribution in [-0.4, -0.2) is 38.9 Å². The van der Waals surface area contributed by atoms with Crippen LogP contribution in [0.25, 0.3) is 11.3 Å². The van der Waals surface area contributed by atoms with Crippen molar-refractivity contribution in [3.8, 4) is 11.3 Å². The second-order valence-electron chi connectivity index (χ2n) is 5.23. The van der Waals surface area contributed by atoms with Gasteiger partial charge in [0, 0.05) is 31.2 Å². The minimum Gasteiger partial charge on any atom is -0.321 e. The second kappa shape index (κ2) is 6.85. The first kappa shape index (κ1) is 16.8. The minimum absolute atomic E-state index is 0.00822. The Balaban J connectivity index is 1.78. The van der Waals surface area contributed by atoms with E-state index < -0.39 is 10.0 Å². The van der Waals surface area contributed by atoms with Gasteiger partial charge < -0.3 is 5.32 Å². The maximum absolute atomic E-state index is 11.6. The monoisotopic (exact) mass is 359 g/mol. The minimum atomic E-state index is -3.35. The van der Waals surface area contributed by atoms with Gasteiger partial charge in [0.05, 0.1) is 23.3 Å². The fourth-order valence-electron chi connectivity index (χ4n) is 2.03. The molecule has 0 bridgehead atoms. The largest absolute Gasteiger partial charge is 0.321 e. The number of pyridine rings is 1. The number of hydrogen-bond donors (Lipinski definition) is 2. The Labute approximate surface area is 145 Å². The van der Waals surface area contributed by atoms with Gasteiger partial charge in [-0.2, -0.15) is 5.10 Å². The molecule has 25 heavy (non-hydrogen) atoms. The molecule has 0 saturated heterocycles. The normalized spacial score (nSPS) is 11.3. The third-order valence-corrected chi connectivity index (χ3v) is 4.60. The molecule has 9 nitrogen and oxygen atoms in total. The Bertz CT molecular complexity index is 968. The van der Waals surface area contributed by atoms with Gasteiger partial charge in [-0.05, 0) is 25.1 Å². The number of aryl methyl sites for hydroxylation is 1. The molecule has 0 unspecified atom stereocenters. The van der Waals surface area contributed by atoms with Gasteiger partial charge in [-0.25, -0.2) is 23.4 Å². The summed E-state index contributed by atoms with van der Waals surface area (Å²) in [6.07, 6.45) is 6.68.